The number of nitriles is 1. The van der Waals surface area contributed by atoms with Crippen LogP contribution in [0.4, 0.5) is 8.78 Å². The lowest BCUT2D eigenvalue weighted by Crippen LogP contribution is -2.06. The number of rotatable bonds is 7. The Kier molecular flexibility index (Phi) is 10.2. The minimum atomic E-state index is -0.693. The van der Waals surface area contributed by atoms with Crippen LogP contribution in [0.2, 0.25) is 0 Å². The first-order valence-electron chi connectivity index (χ1n) is 23.6. The van der Waals surface area contributed by atoms with Gasteiger partial charge in [-0.1, -0.05) is 150 Å². The van der Waals surface area contributed by atoms with Crippen LogP contribution in [-0.2, 0) is 0 Å². The molecule has 0 saturated heterocycles. The maximum absolute atomic E-state index is 16.3. The summed E-state index contributed by atoms with van der Waals surface area (Å²) in [7, 11) is 0. The second-order valence-electron chi connectivity index (χ2n) is 18.7. The van der Waals surface area contributed by atoms with Crippen LogP contribution in [0.5, 0.6) is 0 Å². The van der Waals surface area contributed by atoms with Crippen molar-refractivity contribution in [3.63, 3.8) is 0 Å². The fourth-order valence-corrected chi connectivity index (χ4v) is 10.3. The molecule has 0 atom stereocenters. The normalized spacial score (nSPS) is 11.6. The topological polar surface area (TPSA) is 33.6 Å². The molecule has 0 aliphatic carbocycles. The second-order valence-corrected chi connectivity index (χ2v) is 18.7. The van der Waals surface area contributed by atoms with E-state index in [-0.39, 0.29) is 5.56 Å². The third-order valence-corrected chi connectivity index (χ3v) is 14.0. The highest BCUT2D eigenvalue weighted by atomic mass is 19.1. The monoisotopic (exact) mass is 905 g/mol. The molecule has 10 aromatic carbocycles. The third-order valence-electron chi connectivity index (χ3n) is 14.0. The molecule has 0 aliphatic heterocycles. The maximum Gasteiger partial charge on any atom is 0.133 e. The average Bonchev–Trinajstić information content (AvgIpc) is 3.88. The number of hydrogen-bond acceptors (Lipinski definition) is 1. The molecule has 0 aliphatic rings. The van der Waals surface area contributed by atoms with E-state index in [1.807, 2.05) is 0 Å². The van der Waals surface area contributed by atoms with Gasteiger partial charge in [0.2, 0.25) is 0 Å². The first kappa shape index (κ1) is 42.5. The number of halogens is 2. The molecule has 0 radical (unpaired) electrons. The predicted molar refractivity (Wildman–Crippen MR) is 286 cm³/mol. The van der Waals surface area contributed by atoms with E-state index in [2.05, 4.69) is 213 Å². The Morgan fingerprint density at radius 3 is 0.871 bits per heavy atom. The number of nitrogens with zero attached hydrogens (tertiary/aromatic N) is 3. The van der Waals surface area contributed by atoms with Crippen molar-refractivity contribution in [3.8, 4) is 73.1 Å². The minimum Gasteiger partial charge on any atom is -0.308 e. The van der Waals surface area contributed by atoms with Gasteiger partial charge >= 0.3 is 0 Å². The molecule has 0 spiro atoms. The number of aromatic nitrogens is 2. The molecule has 334 valence electrons. The maximum atomic E-state index is 16.3. The van der Waals surface area contributed by atoms with E-state index in [0.717, 1.165) is 88.1 Å². The van der Waals surface area contributed by atoms with E-state index in [1.165, 1.54) is 40.5 Å². The SMILES string of the molecule is Cc1ccc(-c2ccc3c(c2)c2cc(-c4ccc(C)cc4)ccc2n3-c2cc(-c3c(F)cccc3F)cc(-n3c4ccc(-c5ccc(C)cc5)cc4c4cc(-c5ccc(C)cc5)ccc43)c2C#N)cc1. The molecule has 70 heavy (non-hydrogen) atoms. The van der Waals surface area contributed by atoms with Gasteiger partial charge in [0.1, 0.15) is 23.3 Å². The highest BCUT2D eigenvalue weighted by Gasteiger charge is 2.25. The van der Waals surface area contributed by atoms with Crippen molar-refractivity contribution in [2.45, 2.75) is 27.7 Å². The van der Waals surface area contributed by atoms with Crippen LogP contribution in [-0.4, -0.2) is 9.13 Å². The smallest absolute Gasteiger partial charge is 0.133 e. The molecule has 0 N–H and O–H groups in total. The van der Waals surface area contributed by atoms with Crippen molar-refractivity contribution in [1.82, 2.24) is 9.13 Å². The van der Waals surface area contributed by atoms with Gasteiger partial charge in [0, 0.05) is 21.5 Å². The van der Waals surface area contributed by atoms with Gasteiger partial charge in [-0.25, -0.2) is 8.78 Å². The Morgan fingerprint density at radius 2 is 0.600 bits per heavy atom. The summed E-state index contributed by atoms with van der Waals surface area (Å²) < 4.78 is 36.8. The average molecular weight is 906 g/mol. The van der Waals surface area contributed by atoms with E-state index < -0.39 is 11.6 Å². The molecule has 0 bridgehead atoms. The first-order chi connectivity index (χ1) is 34.1. The standard InChI is InChI=1S/C65H45F2N3/c1-39-8-16-43(17-9-39)47-24-28-59-52(32-47)53-33-48(44-18-10-40(2)11-19-44)25-29-60(53)69(59)63-36-51(65-57(66)6-5-7-58(65)67)37-64(56(63)38-68)70-61-30-26-49(45-20-12-41(3)13-21-45)34-54(61)55-35-50(27-31-62(55)70)46-22-14-42(4)15-23-46/h5-37H,1-4H3. The van der Waals surface area contributed by atoms with Gasteiger partial charge in [-0.2, -0.15) is 5.26 Å². The van der Waals surface area contributed by atoms with Crippen molar-refractivity contribution in [3.05, 3.63) is 240 Å². The number of hydrogen-bond donors (Lipinski definition) is 0. The van der Waals surface area contributed by atoms with E-state index >= 15 is 8.78 Å². The third kappa shape index (κ3) is 7.16. The van der Waals surface area contributed by atoms with Gasteiger partial charge in [-0.15, -0.1) is 0 Å². The molecule has 2 aromatic heterocycles. The zero-order valence-electron chi connectivity index (χ0n) is 39.2. The van der Waals surface area contributed by atoms with Gasteiger partial charge in [0.15, 0.2) is 0 Å². The van der Waals surface area contributed by atoms with E-state index in [4.69, 9.17) is 0 Å². The first-order valence-corrected chi connectivity index (χ1v) is 23.6. The molecular formula is C65H45F2N3. The summed E-state index contributed by atoms with van der Waals surface area (Å²) in [6.45, 7) is 8.33. The zero-order valence-corrected chi connectivity index (χ0v) is 39.2. The molecule has 2 heterocycles. The number of aryl methyl sites for hydroxylation is 4. The van der Waals surface area contributed by atoms with E-state index in [9.17, 15) is 5.26 Å². The van der Waals surface area contributed by atoms with Crippen molar-refractivity contribution in [1.29, 1.82) is 5.26 Å². The van der Waals surface area contributed by atoms with Gasteiger partial charge in [-0.3, -0.25) is 0 Å². The van der Waals surface area contributed by atoms with E-state index in [0.29, 0.717) is 22.5 Å². The summed E-state index contributed by atoms with van der Waals surface area (Å²) in [5.74, 6) is -1.39. The fraction of sp³-hybridized carbons (Fsp3) is 0.0615. The fourth-order valence-electron chi connectivity index (χ4n) is 10.3. The quantitative estimate of drug-likeness (QED) is 0.157. The molecule has 12 aromatic rings. The predicted octanol–water partition coefficient (Wildman–Crippen LogP) is 17.6. The molecule has 0 fully saturated rings. The Hall–Kier alpha value is -8.85. The number of fused-ring (bicyclic) bond motifs is 6. The zero-order chi connectivity index (χ0) is 47.8. The summed E-state index contributed by atoms with van der Waals surface area (Å²) in [4.78, 5) is 0. The van der Waals surface area contributed by atoms with Gasteiger partial charge in [0.05, 0.1) is 39.0 Å². The molecule has 0 saturated carbocycles. The van der Waals surface area contributed by atoms with Gasteiger partial charge < -0.3 is 9.13 Å². The summed E-state index contributed by atoms with van der Waals surface area (Å²) in [5, 5.41) is 15.6. The minimum absolute atomic E-state index is 0.164. The molecular weight excluding hydrogens is 861 g/mol. The lowest BCUT2D eigenvalue weighted by atomic mass is 9.98. The summed E-state index contributed by atoms with van der Waals surface area (Å²) in [6.07, 6.45) is 0. The summed E-state index contributed by atoms with van der Waals surface area (Å²) >= 11 is 0. The highest BCUT2D eigenvalue weighted by molar-refractivity contribution is 6.14. The molecule has 0 unspecified atom stereocenters. The number of benzene rings is 10. The molecule has 0 amide bonds. The van der Waals surface area contributed by atoms with Crippen LogP contribution >= 0.6 is 0 Å². The van der Waals surface area contributed by atoms with Crippen LogP contribution in [0.3, 0.4) is 0 Å². The highest BCUT2D eigenvalue weighted by Crippen LogP contribution is 2.44. The largest absolute Gasteiger partial charge is 0.308 e. The molecule has 3 nitrogen and oxygen atoms in total. The Bertz CT molecular complexity index is 3630. The molecule has 12 rings (SSSR count). The van der Waals surface area contributed by atoms with Crippen molar-refractivity contribution < 1.29 is 8.78 Å². The summed E-state index contributed by atoms with van der Waals surface area (Å²) in [6, 6.07) is 70.0. The lowest BCUT2D eigenvalue weighted by molar-refractivity contribution is 0.589. The van der Waals surface area contributed by atoms with Gasteiger partial charge in [0.25, 0.3) is 0 Å². The lowest BCUT2D eigenvalue weighted by Gasteiger charge is -2.19. The summed E-state index contributed by atoms with van der Waals surface area (Å²) in [5.41, 5.74) is 18.2. The van der Waals surface area contributed by atoms with Crippen LogP contribution in [0.25, 0.3) is 111 Å². The van der Waals surface area contributed by atoms with Crippen LogP contribution in [0.15, 0.2) is 200 Å². The van der Waals surface area contributed by atoms with E-state index in [1.54, 1.807) is 12.1 Å². The van der Waals surface area contributed by atoms with Crippen LogP contribution in [0.1, 0.15) is 27.8 Å². The van der Waals surface area contributed by atoms with Gasteiger partial charge in [-0.05, 0) is 151 Å². The Labute approximate surface area is 405 Å². The molecule has 5 heteroatoms. The second kappa shape index (κ2) is 16.7. The van der Waals surface area contributed by atoms with Crippen LogP contribution < -0.4 is 0 Å². The van der Waals surface area contributed by atoms with Crippen molar-refractivity contribution in [2.24, 2.45) is 0 Å². The Morgan fingerprint density at radius 1 is 0.329 bits per heavy atom. The van der Waals surface area contributed by atoms with Crippen molar-refractivity contribution >= 4 is 43.6 Å². The Balaban J connectivity index is 1.18. The van der Waals surface area contributed by atoms with Crippen LogP contribution in [0, 0.1) is 50.7 Å². The van der Waals surface area contributed by atoms with Crippen molar-refractivity contribution in [2.75, 3.05) is 0 Å².